The van der Waals surface area contributed by atoms with Crippen molar-refractivity contribution in [2.24, 2.45) is 0 Å². The minimum absolute atomic E-state index is 0.211. The predicted octanol–water partition coefficient (Wildman–Crippen LogP) is 3.22. The van der Waals surface area contributed by atoms with Gasteiger partial charge in [-0.05, 0) is 28.8 Å². The van der Waals surface area contributed by atoms with Crippen LogP contribution < -0.4 is 5.32 Å². The molecule has 0 aliphatic heterocycles. The van der Waals surface area contributed by atoms with Crippen LogP contribution in [0.3, 0.4) is 0 Å². The van der Waals surface area contributed by atoms with Crippen LogP contribution in [0.25, 0.3) is 0 Å². The minimum Gasteiger partial charge on any atom is -0.446 e. The molecule has 1 aliphatic rings. The maximum Gasteiger partial charge on any atom is 0.407 e. The number of hydrogen-bond acceptors (Lipinski definition) is 2. The lowest BCUT2D eigenvalue weighted by atomic mass is 10.1. The zero-order valence-corrected chi connectivity index (χ0v) is 11.5. The fraction of sp³-hybridized carbons (Fsp3) is 0.235. The number of carbonyl (C=O) groups excluding carboxylic acids is 1. The summed E-state index contributed by atoms with van der Waals surface area (Å²) in [6, 6.07) is 14.4. The van der Waals surface area contributed by atoms with Crippen LogP contribution in [0, 0.1) is 5.82 Å². The molecule has 2 aromatic carbocycles. The van der Waals surface area contributed by atoms with Crippen LogP contribution in [0.2, 0.25) is 0 Å². The van der Waals surface area contributed by atoms with Crippen molar-refractivity contribution in [3.8, 4) is 0 Å². The molecule has 1 aliphatic carbocycles. The number of alkyl carbamates (subject to hydrolysis) is 1. The Labute approximate surface area is 122 Å². The van der Waals surface area contributed by atoms with Crippen LogP contribution in [-0.2, 0) is 24.1 Å². The van der Waals surface area contributed by atoms with Crippen molar-refractivity contribution in [3.63, 3.8) is 0 Å². The molecular weight excluding hydrogens is 269 g/mol. The molecule has 0 bridgehead atoms. The molecule has 3 nitrogen and oxygen atoms in total. The fourth-order valence-corrected chi connectivity index (χ4v) is 2.59. The molecule has 0 spiro atoms. The van der Waals surface area contributed by atoms with E-state index in [1.165, 1.54) is 12.1 Å². The second-order valence-electron chi connectivity index (χ2n) is 5.19. The summed E-state index contributed by atoms with van der Waals surface area (Å²) in [6.07, 6.45) is 0.579. The molecule has 108 valence electrons. The monoisotopic (exact) mass is 285 g/mol. The van der Waals surface area contributed by atoms with Gasteiger partial charge in [-0.3, -0.25) is 0 Å². The zero-order valence-electron chi connectivity index (χ0n) is 11.5. The van der Waals surface area contributed by atoms with Gasteiger partial charge < -0.3 is 10.1 Å². The third kappa shape index (κ3) is 3.40. The molecule has 2 aromatic rings. The van der Waals surface area contributed by atoms with E-state index in [9.17, 15) is 9.18 Å². The number of hydrogen-bond donors (Lipinski definition) is 1. The summed E-state index contributed by atoms with van der Waals surface area (Å²) in [7, 11) is 0. The minimum atomic E-state index is -0.433. The highest BCUT2D eigenvalue weighted by atomic mass is 19.1. The molecule has 4 heteroatoms. The third-order valence-electron chi connectivity index (χ3n) is 3.62. The van der Waals surface area contributed by atoms with E-state index in [1.54, 1.807) is 6.07 Å². The SMILES string of the molecule is O=C(NCc1ccccc1)O[C@H]1Cc2ccc(F)cc2C1. The van der Waals surface area contributed by atoms with Gasteiger partial charge in [0.15, 0.2) is 0 Å². The van der Waals surface area contributed by atoms with E-state index in [0.29, 0.717) is 19.4 Å². The highest BCUT2D eigenvalue weighted by Crippen LogP contribution is 2.24. The van der Waals surface area contributed by atoms with E-state index < -0.39 is 6.09 Å². The van der Waals surface area contributed by atoms with Crippen LogP contribution in [-0.4, -0.2) is 12.2 Å². The summed E-state index contributed by atoms with van der Waals surface area (Å²) >= 11 is 0. The molecule has 0 aromatic heterocycles. The number of halogens is 1. The van der Waals surface area contributed by atoms with E-state index in [2.05, 4.69) is 5.32 Å². The molecule has 0 unspecified atom stereocenters. The summed E-state index contributed by atoms with van der Waals surface area (Å²) in [5, 5.41) is 2.73. The first-order valence-corrected chi connectivity index (χ1v) is 6.96. The van der Waals surface area contributed by atoms with Crippen LogP contribution in [0.1, 0.15) is 16.7 Å². The maximum atomic E-state index is 13.1. The molecule has 3 rings (SSSR count). The lowest BCUT2D eigenvalue weighted by molar-refractivity contribution is 0.102. The van der Waals surface area contributed by atoms with Crippen molar-refractivity contribution in [1.82, 2.24) is 5.32 Å². The Hall–Kier alpha value is -2.36. The Morgan fingerprint density at radius 1 is 1.14 bits per heavy atom. The molecule has 0 radical (unpaired) electrons. The molecule has 0 heterocycles. The third-order valence-corrected chi connectivity index (χ3v) is 3.62. The second kappa shape index (κ2) is 5.95. The fourth-order valence-electron chi connectivity index (χ4n) is 2.59. The molecule has 1 amide bonds. The molecule has 21 heavy (non-hydrogen) atoms. The van der Waals surface area contributed by atoms with Crippen LogP contribution >= 0.6 is 0 Å². The van der Waals surface area contributed by atoms with E-state index in [0.717, 1.165) is 16.7 Å². The summed E-state index contributed by atoms with van der Waals surface area (Å²) < 4.78 is 18.5. The van der Waals surface area contributed by atoms with Gasteiger partial charge in [0.1, 0.15) is 11.9 Å². The van der Waals surface area contributed by atoms with Crippen molar-refractivity contribution in [2.75, 3.05) is 0 Å². The summed E-state index contributed by atoms with van der Waals surface area (Å²) in [6.45, 7) is 0.438. The largest absolute Gasteiger partial charge is 0.446 e. The molecule has 1 atom stereocenters. The van der Waals surface area contributed by atoms with Gasteiger partial charge in [-0.15, -0.1) is 0 Å². The predicted molar refractivity (Wildman–Crippen MR) is 77.4 cm³/mol. The topological polar surface area (TPSA) is 38.3 Å². The molecule has 1 N–H and O–H groups in total. The number of carbonyl (C=O) groups is 1. The van der Waals surface area contributed by atoms with Crippen molar-refractivity contribution in [2.45, 2.75) is 25.5 Å². The highest BCUT2D eigenvalue weighted by molar-refractivity contribution is 5.67. The summed E-state index contributed by atoms with van der Waals surface area (Å²) in [4.78, 5) is 11.8. The highest BCUT2D eigenvalue weighted by Gasteiger charge is 2.24. The van der Waals surface area contributed by atoms with Crippen LogP contribution in [0.5, 0.6) is 0 Å². The number of ether oxygens (including phenoxy) is 1. The van der Waals surface area contributed by atoms with E-state index >= 15 is 0 Å². The number of nitrogens with one attached hydrogen (secondary N) is 1. The zero-order chi connectivity index (χ0) is 14.7. The molecular formula is C17H16FNO2. The Morgan fingerprint density at radius 2 is 1.90 bits per heavy atom. The standard InChI is InChI=1S/C17H16FNO2/c18-15-7-6-13-9-16(10-14(13)8-15)21-17(20)19-11-12-4-2-1-3-5-12/h1-8,16H,9-11H2,(H,19,20)/t16-/m0/s1. The Morgan fingerprint density at radius 3 is 2.71 bits per heavy atom. The first-order valence-electron chi connectivity index (χ1n) is 6.96. The van der Waals surface area contributed by atoms with Crippen LogP contribution in [0.4, 0.5) is 9.18 Å². The van der Waals surface area contributed by atoms with Gasteiger partial charge >= 0.3 is 6.09 Å². The maximum absolute atomic E-state index is 13.1. The van der Waals surface area contributed by atoms with Crippen molar-refractivity contribution in [1.29, 1.82) is 0 Å². The average Bonchev–Trinajstić information content (AvgIpc) is 2.87. The molecule has 0 fully saturated rings. The quantitative estimate of drug-likeness (QED) is 0.940. The van der Waals surface area contributed by atoms with Gasteiger partial charge in [0.25, 0.3) is 0 Å². The second-order valence-corrected chi connectivity index (χ2v) is 5.19. The van der Waals surface area contributed by atoms with E-state index in [-0.39, 0.29) is 11.9 Å². The van der Waals surface area contributed by atoms with Crippen molar-refractivity contribution in [3.05, 3.63) is 71.0 Å². The number of rotatable bonds is 3. The Kier molecular flexibility index (Phi) is 3.86. The molecule has 0 saturated heterocycles. The van der Waals surface area contributed by atoms with Gasteiger partial charge in [-0.1, -0.05) is 36.4 Å². The average molecular weight is 285 g/mol. The molecule has 0 saturated carbocycles. The lowest BCUT2D eigenvalue weighted by Crippen LogP contribution is -2.28. The summed E-state index contributed by atoms with van der Waals surface area (Å²) in [5.74, 6) is -0.247. The van der Waals surface area contributed by atoms with E-state index in [4.69, 9.17) is 4.74 Å². The number of fused-ring (bicyclic) bond motifs is 1. The van der Waals surface area contributed by atoms with Crippen molar-refractivity contribution >= 4 is 6.09 Å². The van der Waals surface area contributed by atoms with Crippen molar-refractivity contribution < 1.29 is 13.9 Å². The van der Waals surface area contributed by atoms with Gasteiger partial charge in [0, 0.05) is 19.4 Å². The number of amides is 1. The van der Waals surface area contributed by atoms with Crippen LogP contribution in [0.15, 0.2) is 48.5 Å². The Bertz CT molecular complexity index is 642. The summed E-state index contributed by atoms with van der Waals surface area (Å²) in [5.41, 5.74) is 3.00. The van der Waals surface area contributed by atoms with Gasteiger partial charge in [-0.25, -0.2) is 9.18 Å². The smallest absolute Gasteiger partial charge is 0.407 e. The van der Waals surface area contributed by atoms with E-state index in [1.807, 2.05) is 30.3 Å². The normalized spacial score (nSPS) is 16.3. The number of benzene rings is 2. The first kappa shape index (κ1) is 13.6. The van der Waals surface area contributed by atoms with Gasteiger partial charge in [0.2, 0.25) is 0 Å². The Balaban J connectivity index is 1.51. The lowest BCUT2D eigenvalue weighted by Gasteiger charge is -2.12. The van der Waals surface area contributed by atoms with Gasteiger partial charge in [-0.2, -0.15) is 0 Å². The van der Waals surface area contributed by atoms with Gasteiger partial charge in [0.05, 0.1) is 0 Å². The first-order chi connectivity index (χ1) is 10.2.